The van der Waals surface area contributed by atoms with Crippen LogP contribution in [0, 0.1) is 11.3 Å². The van der Waals surface area contributed by atoms with Crippen LogP contribution in [-0.2, 0) is 0 Å². The van der Waals surface area contributed by atoms with Crippen molar-refractivity contribution in [2.24, 2.45) is 0 Å². The summed E-state index contributed by atoms with van der Waals surface area (Å²) in [5.74, 6) is -1.15. The minimum atomic E-state index is -1.06. The molecule has 0 N–H and O–H groups in total. The number of nitriles is 1. The number of ether oxygens (including phenoxy) is 1. The van der Waals surface area contributed by atoms with E-state index in [2.05, 4.69) is 9.97 Å². The van der Waals surface area contributed by atoms with Crippen molar-refractivity contribution in [2.75, 3.05) is 7.11 Å². The molecular weight excluding hydrogens is 278 g/mol. The average Bonchev–Trinajstić information content (AvgIpc) is 2.49. The summed E-state index contributed by atoms with van der Waals surface area (Å²) in [5.41, 5.74) is 0.403. The Kier molecular flexibility index (Phi) is 4.28. The summed E-state index contributed by atoms with van der Waals surface area (Å²) in [6.45, 7) is 0. The van der Waals surface area contributed by atoms with Crippen LogP contribution in [0.3, 0.4) is 0 Å². The molecule has 1 aromatic heterocycles. The summed E-state index contributed by atoms with van der Waals surface area (Å²) in [5, 5.41) is 9.72. The lowest BCUT2D eigenvalue weighted by Crippen LogP contribution is -2.15. The van der Waals surface area contributed by atoms with Crippen molar-refractivity contribution < 1.29 is 9.53 Å². The van der Waals surface area contributed by atoms with E-state index in [1.165, 1.54) is 25.6 Å². The topological polar surface area (TPSA) is 75.9 Å². The van der Waals surface area contributed by atoms with Gasteiger partial charge in [-0.3, -0.25) is 4.79 Å². The Morgan fingerprint density at radius 1 is 1.40 bits per heavy atom. The number of halogens is 1. The SMILES string of the molecule is COc1ccc(Cl)cc1C(C#N)C(=O)c1ncccn1. The number of aromatic nitrogens is 2. The van der Waals surface area contributed by atoms with Gasteiger partial charge in [0.2, 0.25) is 5.78 Å². The lowest BCUT2D eigenvalue weighted by molar-refractivity contribution is 0.0967. The fraction of sp³-hybridized carbons (Fsp3) is 0.143. The van der Waals surface area contributed by atoms with E-state index in [1.807, 2.05) is 6.07 Å². The highest BCUT2D eigenvalue weighted by molar-refractivity contribution is 6.30. The standard InChI is InChI=1S/C14H10ClN3O2/c1-20-12-4-3-9(15)7-10(12)11(8-16)13(19)14-17-5-2-6-18-14/h2-7,11H,1H3. The van der Waals surface area contributed by atoms with Crippen molar-refractivity contribution in [1.29, 1.82) is 5.26 Å². The second kappa shape index (κ2) is 6.13. The molecule has 0 radical (unpaired) electrons. The molecule has 0 fully saturated rings. The van der Waals surface area contributed by atoms with Crippen LogP contribution < -0.4 is 4.74 Å². The van der Waals surface area contributed by atoms with Crippen LogP contribution in [-0.4, -0.2) is 22.9 Å². The van der Waals surface area contributed by atoms with Gasteiger partial charge >= 0.3 is 0 Å². The molecule has 0 spiro atoms. The number of carbonyl (C=O) groups is 1. The van der Waals surface area contributed by atoms with Gasteiger partial charge in [0.25, 0.3) is 0 Å². The molecule has 2 rings (SSSR count). The van der Waals surface area contributed by atoms with Crippen LogP contribution in [0.2, 0.25) is 5.02 Å². The predicted molar refractivity (Wildman–Crippen MR) is 72.7 cm³/mol. The lowest BCUT2D eigenvalue weighted by atomic mass is 9.94. The van der Waals surface area contributed by atoms with Gasteiger partial charge in [0.05, 0.1) is 13.2 Å². The fourth-order valence-corrected chi connectivity index (χ4v) is 1.94. The van der Waals surface area contributed by atoms with Gasteiger partial charge in [-0.1, -0.05) is 11.6 Å². The molecule has 5 nitrogen and oxygen atoms in total. The number of benzene rings is 1. The molecule has 0 saturated carbocycles. The molecule has 20 heavy (non-hydrogen) atoms. The van der Waals surface area contributed by atoms with Crippen molar-refractivity contribution >= 4 is 17.4 Å². The van der Waals surface area contributed by atoms with Crippen molar-refractivity contribution in [2.45, 2.75) is 5.92 Å². The number of nitrogens with zero attached hydrogens (tertiary/aromatic N) is 3. The van der Waals surface area contributed by atoms with Gasteiger partial charge in [0.15, 0.2) is 5.82 Å². The first kappa shape index (κ1) is 14.0. The van der Waals surface area contributed by atoms with E-state index in [9.17, 15) is 10.1 Å². The second-order valence-corrected chi connectivity index (χ2v) is 4.32. The zero-order chi connectivity index (χ0) is 14.5. The molecular formula is C14H10ClN3O2. The largest absolute Gasteiger partial charge is 0.496 e. The Balaban J connectivity index is 2.46. The summed E-state index contributed by atoms with van der Waals surface area (Å²) in [4.78, 5) is 20.0. The smallest absolute Gasteiger partial charge is 0.221 e. The van der Waals surface area contributed by atoms with Crippen molar-refractivity contribution in [1.82, 2.24) is 9.97 Å². The van der Waals surface area contributed by atoms with Crippen molar-refractivity contribution in [3.8, 4) is 11.8 Å². The molecule has 1 atom stereocenters. The van der Waals surface area contributed by atoms with E-state index in [0.29, 0.717) is 16.3 Å². The molecule has 0 saturated heterocycles. The Hall–Kier alpha value is -2.45. The summed E-state index contributed by atoms with van der Waals surface area (Å²) >= 11 is 5.92. The molecule has 1 aromatic carbocycles. The number of carbonyl (C=O) groups excluding carboxylic acids is 1. The first-order valence-electron chi connectivity index (χ1n) is 5.71. The number of hydrogen-bond acceptors (Lipinski definition) is 5. The van der Waals surface area contributed by atoms with Gasteiger partial charge in [0, 0.05) is 23.0 Å². The van der Waals surface area contributed by atoms with E-state index in [4.69, 9.17) is 16.3 Å². The third kappa shape index (κ3) is 2.76. The van der Waals surface area contributed by atoms with Gasteiger partial charge in [-0.2, -0.15) is 5.26 Å². The fourth-order valence-electron chi connectivity index (χ4n) is 1.76. The molecule has 0 bridgehead atoms. The number of Topliss-reactive ketones (excluding diaryl/α,β-unsaturated/α-hetero) is 1. The summed E-state index contributed by atoms with van der Waals surface area (Å²) in [6.07, 6.45) is 2.90. The highest BCUT2D eigenvalue weighted by Crippen LogP contribution is 2.30. The first-order valence-corrected chi connectivity index (χ1v) is 6.09. The van der Waals surface area contributed by atoms with E-state index in [0.717, 1.165) is 0 Å². The molecule has 6 heteroatoms. The van der Waals surface area contributed by atoms with Crippen LogP contribution in [0.5, 0.6) is 5.75 Å². The zero-order valence-electron chi connectivity index (χ0n) is 10.6. The van der Waals surface area contributed by atoms with Crippen LogP contribution in [0.1, 0.15) is 22.1 Å². The van der Waals surface area contributed by atoms with Gasteiger partial charge in [0.1, 0.15) is 11.7 Å². The number of ketones is 1. The maximum Gasteiger partial charge on any atom is 0.221 e. The number of hydrogen-bond donors (Lipinski definition) is 0. The van der Waals surface area contributed by atoms with Crippen LogP contribution >= 0.6 is 11.6 Å². The van der Waals surface area contributed by atoms with E-state index >= 15 is 0 Å². The van der Waals surface area contributed by atoms with E-state index in [-0.39, 0.29) is 5.82 Å². The minimum absolute atomic E-state index is 0.0129. The molecule has 2 aromatic rings. The molecule has 1 heterocycles. The second-order valence-electron chi connectivity index (χ2n) is 3.89. The lowest BCUT2D eigenvalue weighted by Gasteiger charge is -2.12. The molecule has 1 unspecified atom stereocenters. The first-order chi connectivity index (χ1) is 9.67. The Morgan fingerprint density at radius 3 is 2.70 bits per heavy atom. The van der Waals surface area contributed by atoms with Gasteiger partial charge in [-0.05, 0) is 24.3 Å². The molecule has 100 valence electrons. The molecule has 0 amide bonds. The minimum Gasteiger partial charge on any atom is -0.496 e. The van der Waals surface area contributed by atoms with Crippen LogP contribution in [0.4, 0.5) is 0 Å². The van der Waals surface area contributed by atoms with Crippen molar-refractivity contribution in [3.63, 3.8) is 0 Å². The number of rotatable bonds is 4. The third-order valence-electron chi connectivity index (χ3n) is 2.68. The summed E-state index contributed by atoms with van der Waals surface area (Å²) in [6, 6.07) is 8.32. The average molecular weight is 288 g/mol. The Labute approximate surface area is 120 Å². The van der Waals surface area contributed by atoms with E-state index < -0.39 is 11.7 Å². The van der Waals surface area contributed by atoms with Gasteiger partial charge in [-0.15, -0.1) is 0 Å². The highest BCUT2D eigenvalue weighted by atomic mass is 35.5. The predicted octanol–water partition coefficient (Wildman–Crippen LogP) is 2.63. The normalized spacial score (nSPS) is 11.4. The molecule has 0 aliphatic carbocycles. The van der Waals surface area contributed by atoms with E-state index in [1.54, 1.807) is 18.2 Å². The summed E-state index contributed by atoms with van der Waals surface area (Å²) in [7, 11) is 1.46. The maximum absolute atomic E-state index is 12.3. The Bertz CT molecular complexity index is 668. The monoisotopic (exact) mass is 287 g/mol. The quantitative estimate of drug-likeness (QED) is 0.808. The van der Waals surface area contributed by atoms with Gasteiger partial charge in [-0.25, -0.2) is 9.97 Å². The highest BCUT2D eigenvalue weighted by Gasteiger charge is 2.27. The molecule has 0 aliphatic heterocycles. The van der Waals surface area contributed by atoms with Crippen LogP contribution in [0.15, 0.2) is 36.7 Å². The maximum atomic E-state index is 12.3. The zero-order valence-corrected chi connectivity index (χ0v) is 11.3. The Morgan fingerprint density at radius 2 is 2.10 bits per heavy atom. The molecule has 0 aliphatic rings. The van der Waals surface area contributed by atoms with Crippen molar-refractivity contribution in [3.05, 3.63) is 53.1 Å². The third-order valence-corrected chi connectivity index (χ3v) is 2.92. The van der Waals surface area contributed by atoms with Gasteiger partial charge < -0.3 is 4.74 Å². The summed E-state index contributed by atoms with van der Waals surface area (Å²) < 4.78 is 5.17. The van der Waals surface area contributed by atoms with Crippen LogP contribution in [0.25, 0.3) is 0 Å². The number of methoxy groups -OCH3 is 1.